The van der Waals surface area contributed by atoms with Crippen molar-refractivity contribution >= 4 is 22.6 Å². The Hall–Kier alpha value is -3.01. The Morgan fingerprint density at radius 1 is 1.09 bits per heavy atom. The molecule has 1 amide bonds. The first-order valence-electron chi connectivity index (χ1n) is 10.7. The molecule has 3 aromatic rings. The fraction of sp³-hybridized carbons (Fsp3) is 0.391. The number of carbonyl (C=O) groups excluding carboxylic acids is 1. The maximum absolute atomic E-state index is 14.0. The van der Waals surface area contributed by atoms with Gasteiger partial charge in [0.2, 0.25) is 5.91 Å². The molecule has 1 aliphatic heterocycles. The molecule has 2 aliphatic rings. The quantitative estimate of drug-likeness (QED) is 0.539. The Morgan fingerprint density at radius 3 is 2.48 bits per heavy atom. The largest absolute Gasteiger partial charge is 0.389 e. The van der Waals surface area contributed by atoms with E-state index >= 15 is 0 Å². The number of benzene rings is 2. The summed E-state index contributed by atoms with van der Waals surface area (Å²) in [6.45, 7) is 0.264. The number of alkyl halides is 3. The van der Waals surface area contributed by atoms with Gasteiger partial charge in [-0.15, -0.1) is 0 Å². The van der Waals surface area contributed by atoms with Crippen LogP contribution in [-0.4, -0.2) is 21.6 Å². The van der Waals surface area contributed by atoms with Crippen LogP contribution >= 0.6 is 0 Å². The van der Waals surface area contributed by atoms with Crippen LogP contribution in [-0.2, 0) is 29.8 Å². The van der Waals surface area contributed by atoms with Crippen molar-refractivity contribution in [2.45, 2.75) is 56.9 Å². The molecule has 33 heavy (non-hydrogen) atoms. The van der Waals surface area contributed by atoms with Crippen LogP contribution in [0.15, 0.2) is 30.3 Å². The average molecular weight is 464 g/mol. The molecular formula is C23H21F5N4O. The summed E-state index contributed by atoms with van der Waals surface area (Å²) in [4.78, 5) is 19.2. The number of halogens is 5. The van der Waals surface area contributed by atoms with Crippen molar-refractivity contribution < 1.29 is 26.7 Å². The second kappa shape index (κ2) is 7.51. The molecular weight excluding hydrogens is 443 g/mol. The smallest absolute Gasteiger partial charge is 0.326 e. The lowest BCUT2D eigenvalue weighted by atomic mass is 9.98. The highest BCUT2D eigenvalue weighted by Gasteiger charge is 2.59. The second-order valence-electron chi connectivity index (χ2n) is 8.68. The van der Waals surface area contributed by atoms with Crippen molar-refractivity contribution in [3.05, 3.63) is 58.9 Å². The van der Waals surface area contributed by atoms with Crippen LogP contribution in [0.25, 0.3) is 11.0 Å². The fourth-order valence-electron chi connectivity index (χ4n) is 4.69. The number of amides is 1. The summed E-state index contributed by atoms with van der Waals surface area (Å²) in [5, 5.41) is 0. The van der Waals surface area contributed by atoms with Gasteiger partial charge in [0.05, 0.1) is 28.7 Å². The molecule has 1 saturated carbocycles. The first-order chi connectivity index (χ1) is 15.6. The standard InChI is InChI=1S/C23H21F5N4O/c24-15-9-14-19(10-16(15)25)32(21(33)22(14)5-6-22)12-20-30-17-8-13(11-29)2-3-18(17)31(20)7-1-4-23(26,27)28/h2-3,8-10H,1,4-7,11-12,29H2. The minimum Gasteiger partial charge on any atom is -0.326 e. The Balaban J connectivity index is 1.54. The van der Waals surface area contributed by atoms with Crippen LogP contribution in [0.5, 0.6) is 0 Å². The SMILES string of the molecule is NCc1ccc2c(c1)nc(CN1C(=O)C3(CC3)c3cc(F)c(F)cc31)n2CCCC(F)(F)F. The van der Waals surface area contributed by atoms with E-state index in [0.29, 0.717) is 35.3 Å². The third-order valence-corrected chi connectivity index (χ3v) is 6.52. The summed E-state index contributed by atoms with van der Waals surface area (Å²) < 4.78 is 67.9. The lowest BCUT2D eigenvalue weighted by Gasteiger charge is -2.19. The van der Waals surface area contributed by atoms with Crippen LogP contribution in [0, 0.1) is 11.6 Å². The van der Waals surface area contributed by atoms with Gasteiger partial charge in [-0.2, -0.15) is 13.2 Å². The van der Waals surface area contributed by atoms with Gasteiger partial charge in [0.25, 0.3) is 0 Å². The Morgan fingerprint density at radius 2 is 1.82 bits per heavy atom. The molecule has 174 valence electrons. The van der Waals surface area contributed by atoms with Gasteiger partial charge in [-0.05, 0) is 48.6 Å². The van der Waals surface area contributed by atoms with Crippen molar-refractivity contribution in [3.63, 3.8) is 0 Å². The number of fused-ring (bicyclic) bond motifs is 3. The van der Waals surface area contributed by atoms with E-state index in [9.17, 15) is 26.7 Å². The average Bonchev–Trinajstić information content (AvgIpc) is 3.46. The van der Waals surface area contributed by atoms with Gasteiger partial charge in [0.1, 0.15) is 5.82 Å². The predicted octanol–water partition coefficient (Wildman–Crippen LogP) is 4.69. The van der Waals surface area contributed by atoms with E-state index in [4.69, 9.17) is 5.73 Å². The number of carbonyl (C=O) groups is 1. The molecule has 1 aromatic heterocycles. The number of imidazole rings is 1. The zero-order valence-corrected chi connectivity index (χ0v) is 17.6. The van der Waals surface area contributed by atoms with Crippen LogP contribution in [0.2, 0.25) is 0 Å². The van der Waals surface area contributed by atoms with Gasteiger partial charge in [-0.3, -0.25) is 4.79 Å². The zero-order valence-electron chi connectivity index (χ0n) is 17.6. The number of nitrogens with two attached hydrogens (primary N) is 1. The number of nitrogens with zero attached hydrogens (tertiary/aromatic N) is 3. The summed E-state index contributed by atoms with van der Waals surface area (Å²) in [7, 11) is 0. The van der Waals surface area contributed by atoms with Gasteiger partial charge in [0.15, 0.2) is 11.6 Å². The summed E-state index contributed by atoms with van der Waals surface area (Å²) in [5.74, 6) is -1.96. The molecule has 5 nitrogen and oxygen atoms in total. The molecule has 0 saturated heterocycles. The molecule has 1 aliphatic carbocycles. The molecule has 5 rings (SSSR count). The van der Waals surface area contributed by atoms with Crippen molar-refractivity contribution in [2.24, 2.45) is 5.73 Å². The number of hydrogen-bond donors (Lipinski definition) is 1. The topological polar surface area (TPSA) is 64.2 Å². The molecule has 0 unspecified atom stereocenters. The normalized spacial score (nSPS) is 16.8. The Labute approximate surface area is 186 Å². The van der Waals surface area contributed by atoms with E-state index < -0.39 is 29.6 Å². The van der Waals surface area contributed by atoms with Crippen molar-refractivity contribution in [2.75, 3.05) is 4.90 Å². The van der Waals surface area contributed by atoms with Crippen molar-refractivity contribution in [1.29, 1.82) is 0 Å². The van der Waals surface area contributed by atoms with E-state index in [0.717, 1.165) is 17.7 Å². The van der Waals surface area contributed by atoms with E-state index in [-0.39, 0.29) is 37.6 Å². The highest BCUT2D eigenvalue weighted by molar-refractivity contribution is 6.10. The number of anilines is 1. The fourth-order valence-corrected chi connectivity index (χ4v) is 4.69. The maximum Gasteiger partial charge on any atom is 0.389 e. The minimum atomic E-state index is -4.28. The summed E-state index contributed by atoms with van der Waals surface area (Å²) in [5.41, 5.74) is 7.59. The first kappa shape index (κ1) is 21.8. The van der Waals surface area contributed by atoms with Gasteiger partial charge in [0, 0.05) is 25.6 Å². The number of aromatic nitrogens is 2. The monoisotopic (exact) mass is 464 g/mol. The summed E-state index contributed by atoms with van der Waals surface area (Å²) in [6, 6.07) is 7.38. The van der Waals surface area contributed by atoms with Crippen molar-refractivity contribution in [3.8, 4) is 0 Å². The van der Waals surface area contributed by atoms with Gasteiger partial charge in [-0.25, -0.2) is 13.8 Å². The van der Waals surface area contributed by atoms with E-state index in [2.05, 4.69) is 4.98 Å². The van der Waals surface area contributed by atoms with Crippen LogP contribution in [0.4, 0.5) is 27.6 Å². The molecule has 0 atom stereocenters. The molecule has 0 bridgehead atoms. The van der Waals surface area contributed by atoms with Crippen molar-refractivity contribution in [1.82, 2.24) is 9.55 Å². The van der Waals surface area contributed by atoms with E-state index in [1.54, 1.807) is 22.8 Å². The van der Waals surface area contributed by atoms with Gasteiger partial charge < -0.3 is 15.2 Å². The molecule has 1 spiro atoms. The maximum atomic E-state index is 14.0. The van der Waals surface area contributed by atoms with Crippen LogP contribution in [0.1, 0.15) is 42.6 Å². The molecule has 1 fully saturated rings. The zero-order chi connectivity index (χ0) is 23.5. The Bertz CT molecular complexity index is 1260. The third-order valence-electron chi connectivity index (χ3n) is 6.52. The van der Waals surface area contributed by atoms with E-state index in [1.165, 1.54) is 4.90 Å². The first-order valence-corrected chi connectivity index (χ1v) is 10.7. The predicted molar refractivity (Wildman–Crippen MR) is 111 cm³/mol. The summed E-state index contributed by atoms with van der Waals surface area (Å²) in [6.07, 6.45) is -4.31. The molecule has 2 N–H and O–H groups in total. The summed E-state index contributed by atoms with van der Waals surface area (Å²) >= 11 is 0. The number of hydrogen-bond acceptors (Lipinski definition) is 3. The minimum absolute atomic E-state index is 0.0468. The van der Waals surface area contributed by atoms with Crippen LogP contribution < -0.4 is 10.6 Å². The van der Waals surface area contributed by atoms with Gasteiger partial charge in [-0.1, -0.05) is 6.07 Å². The van der Waals surface area contributed by atoms with Crippen LogP contribution in [0.3, 0.4) is 0 Å². The molecule has 2 heterocycles. The highest BCUT2D eigenvalue weighted by Crippen LogP contribution is 2.57. The Kier molecular flexibility index (Phi) is 4.97. The molecule has 2 aromatic carbocycles. The lowest BCUT2D eigenvalue weighted by Crippen LogP contribution is -2.32. The highest BCUT2D eigenvalue weighted by atomic mass is 19.4. The number of rotatable bonds is 6. The van der Waals surface area contributed by atoms with E-state index in [1.807, 2.05) is 0 Å². The molecule has 0 radical (unpaired) electrons. The number of aryl methyl sites for hydroxylation is 1. The third kappa shape index (κ3) is 3.66. The molecule has 10 heteroatoms. The lowest BCUT2D eigenvalue weighted by molar-refractivity contribution is -0.135. The van der Waals surface area contributed by atoms with Gasteiger partial charge >= 0.3 is 6.18 Å². The second-order valence-corrected chi connectivity index (χ2v) is 8.68.